The summed E-state index contributed by atoms with van der Waals surface area (Å²) in [7, 11) is 0. The molecule has 0 amide bonds. The van der Waals surface area contributed by atoms with Gasteiger partial charge in [-0.05, 0) is 23.7 Å². The largest absolute Gasteiger partial charge is 0.785 e. The number of hydrogen-bond donors (Lipinski definition) is 0. The van der Waals surface area contributed by atoms with Crippen LogP contribution in [0, 0.1) is 10.8 Å². The van der Waals surface area contributed by atoms with Crippen molar-refractivity contribution < 1.29 is 16.5 Å². The maximum atomic E-state index is 5.09. The smallest absolute Gasteiger partial charge is 0 e. The summed E-state index contributed by atoms with van der Waals surface area (Å²) >= 11 is 20.3. The molecule has 0 aliphatic heterocycles. The van der Waals surface area contributed by atoms with Gasteiger partial charge < -0.3 is 50.5 Å². The second-order valence-electron chi connectivity index (χ2n) is 7.77. The van der Waals surface area contributed by atoms with Gasteiger partial charge >= 0.3 is 0 Å². The Hall–Kier alpha value is 0.334. The maximum absolute atomic E-state index is 5.09. The molecule has 0 saturated carbocycles. The van der Waals surface area contributed by atoms with Crippen LogP contribution in [0.2, 0.25) is 0 Å². The first kappa shape index (κ1) is 23.3. The molecule has 134 valence electrons. The summed E-state index contributed by atoms with van der Waals surface area (Å²) in [6.45, 7) is 13.1. The summed E-state index contributed by atoms with van der Waals surface area (Å²) in [5.41, 5.74) is 3.19. The second kappa shape index (κ2) is 8.62. The van der Waals surface area contributed by atoms with Gasteiger partial charge in [-0.2, -0.15) is 9.81 Å². The Kier molecular flexibility index (Phi) is 8.75. The van der Waals surface area contributed by atoms with Crippen molar-refractivity contribution in [2.24, 2.45) is 10.8 Å². The van der Waals surface area contributed by atoms with Gasteiger partial charge in [0.25, 0.3) is 0 Å². The Bertz CT molecular complexity index is 515. The molecule has 0 N–H and O–H groups in total. The van der Waals surface area contributed by atoms with Gasteiger partial charge in [0.05, 0.1) is 0 Å². The van der Waals surface area contributed by atoms with Gasteiger partial charge in [-0.25, -0.2) is 9.81 Å². The van der Waals surface area contributed by atoms with E-state index in [9.17, 15) is 0 Å². The fraction of sp³-hybridized carbons (Fsp3) is 0.556. The van der Waals surface area contributed by atoms with Crippen molar-refractivity contribution in [2.45, 2.75) is 54.4 Å². The molecule has 2 rings (SSSR count). The van der Waals surface area contributed by atoms with Crippen LogP contribution in [0.25, 0.3) is 0 Å². The van der Waals surface area contributed by atoms with E-state index in [1.807, 2.05) is 0 Å². The first-order valence-electron chi connectivity index (χ1n) is 7.39. The van der Waals surface area contributed by atoms with E-state index in [4.69, 9.17) is 50.5 Å². The summed E-state index contributed by atoms with van der Waals surface area (Å²) in [5.74, 6) is 0. The maximum Gasteiger partial charge on any atom is 0 e. The van der Waals surface area contributed by atoms with Crippen LogP contribution in [0.3, 0.4) is 0 Å². The van der Waals surface area contributed by atoms with Crippen molar-refractivity contribution >= 4 is 50.5 Å². The SMILES string of the molecule is CC(C)(C)C1=CC([S-])=C([S-])C1.CC(C)(C)C1=CC([S-])=C([S-])C1.[Ni]. The summed E-state index contributed by atoms with van der Waals surface area (Å²) < 4.78 is 0. The van der Waals surface area contributed by atoms with Crippen LogP contribution in [0.15, 0.2) is 42.9 Å². The molecule has 0 atom stereocenters. The van der Waals surface area contributed by atoms with E-state index < -0.39 is 0 Å². The Morgan fingerprint density at radius 2 is 0.913 bits per heavy atom. The van der Waals surface area contributed by atoms with Crippen LogP contribution in [-0.2, 0) is 67.0 Å². The van der Waals surface area contributed by atoms with Gasteiger partial charge in [0, 0.05) is 16.5 Å². The normalized spacial score (nSPS) is 18.2. The number of rotatable bonds is 0. The molecule has 5 heteroatoms. The van der Waals surface area contributed by atoms with E-state index in [-0.39, 0.29) is 27.3 Å². The van der Waals surface area contributed by atoms with E-state index in [1.54, 1.807) is 0 Å². The molecule has 0 spiro atoms. The zero-order chi connectivity index (χ0) is 17.3. The predicted octanol–water partition coefficient (Wildman–Crippen LogP) is 5.33. The predicted molar refractivity (Wildman–Crippen MR) is 108 cm³/mol. The van der Waals surface area contributed by atoms with Gasteiger partial charge in [0.1, 0.15) is 0 Å². The fourth-order valence-electron chi connectivity index (χ4n) is 2.06. The van der Waals surface area contributed by atoms with Crippen molar-refractivity contribution in [3.8, 4) is 0 Å². The summed E-state index contributed by atoms with van der Waals surface area (Å²) in [6, 6.07) is 0. The third-order valence-corrected chi connectivity index (χ3v) is 5.50. The molecule has 0 fully saturated rings. The third kappa shape index (κ3) is 6.99. The molecule has 0 radical (unpaired) electrons. The van der Waals surface area contributed by atoms with Crippen LogP contribution in [0.1, 0.15) is 54.4 Å². The minimum atomic E-state index is 0. The van der Waals surface area contributed by atoms with Crippen LogP contribution in [0.5, 0.6) is 0 Å². The molecule has 0 heterocycles. The molecule has 2 aliphatic carbocycles. The van der Waals surface area contributed by atoms with E-state index in [0.717, 1.165) is 32.5 Å². The van der Waals surface area contributed by atoms with Crippen molar-refractivity contribution in [1.29, 1.82) is 0 Å². The zero-order valence-electron chi connectivity index (χ0n) is 14.5. The summed E-state index contributed by atoms with van der Waals surface area (Å²) in [6.07, 6.45) is 5.91. The Balaban J connectivity index is 0.000000403. The van der Waals surface area contributed by atoms with Crippen LogP contribution in [-0.4, -0.2) is 0 Å². The molecule has 0 aromatic carbocycles. The molecule has 23 heavy (non-hydrogen) atoms. The Morgan fingerprint density at radius 3 is 1.00 bits per heavy atom. The van der Waals surface area contributed by atoms with E-state index in [0.29, 0.717) is 0 Å². The van der Waals surface area contributed by atoms with Crippen molar-refractivity contribution in [3.63, 3.8) is 0 Å². The number of allylic oxidation sites excluding steroid dienone is 6. The molecular weight excluding hydrogens is 403 g/mol. The van der Waals surface area contributed by atoms with E-state index in [2.05, 4.69) is 53.7 Å². The van der Waals surface area contributed by atoms with Crippen molar-refractivity contribution in [2.75, 3.05) is 0 Å². The van der Waals surface area contributed by atoms with E-state index in [1.165, 1.54) is 11.1 Å². The molecule has 0 saturated heterocycles. The molecule has 0 nitrogen and oxygen atoms in total. The standard InChI is InChI=1S/2C9H14S2.Ni/c2*1-9(2,3)6-4-7(10)8(11)5-6;/h2*4,10-11H,5H2,1-3H3;/p-4. The average molecular weight is 427 g/mol. The summed E-state index contributed by atoms with van der Waals surface area (Å²) in [5, 5.41) is 0. The monoisotopic (exact) mass is 426 g/mol. The minimum Gasteiger partial charge on any atom is -0.785 e. The fourth-order valence-corrected chi connectivity index (χ4v) is 2.92. The van der Waals surface area contributed by atoms with Crippen molar-refractivity contribution in [1.82, 2.24) is 0 Å². The average Bonchev–Trinajstić information content (AvgIpc) is 2.84. The van der Waals surface area contributed by atoms with Crippen LogP contribution < -0.4 is 0 Å². The van der Waals surface area contributed by atoms with Gasteiger partial charge in [0.15, 0.2) is 0 Å². The van der Waals surface area contributed by atoms with Gasteiger partial charge in [0.2, 0.25) is 0 Å². The zero-order valence-corrected chi connectivity index (χ0v) is 18.8. The van der Waals surface area contributed by atoms with Gasteiger partial charge in [-0.1, -0.05) is 64.8 Å². The first-order chi connectivity index (χ1) is 9.82. The molecule has 0 bridgehead atoms. The Labute approximate surface area is 174 Å². The van der Waals surface area contributed by atoms with E-state index >= 15 is 0 Å². The molecule has 0 aromatic heterocycles. The quantitative estimate of drug-likeness (QED) is 0.378. The van der Waals surface area contributed by atoms with Crippen molar-refractivity contribution in [3.05, 3.63) is 42.9 Å². The molecule has 0 aromatic rings. The van der Waals surface area contributed by atoms with Gasteiger partial charge in [-0.15, -0.1) is 0 Å². The first-order valence-corrected chi connectivity index (χ1v) is 9.02. The topological polar surface area (TPSA) is 0 Å². The minimum absolute atomic E-state index is 0. The number of hydrogen-bond acceptors (Lipinski definition) is 4. The molecular formula is C18H24NiS4-4. The third-order valence-electron chi connectivity index (χ3n) is 3.79. The second-order valence-corrected chi connectivity index (χ2v) is 9.63. The Morgan fingerprint density at radius 1 is 0.652 bits per heavy atom. The molecule has 0 unspecified atom stereocenters. The van der Waals surface area contributed by atoms with Gasteiger partial charge in [-0.3, -0.25) is 0 Å². The molecule has 2 aliphatic rings. The van der Waals surface area contributed by atoms with Crippen LogP contribution >= 0.6 is 0 Å². The summed E-state index contributed by atoms with van der Waals surface area (Å²) in [4.78, 5) is 3.60. The van der Waals surface area contributed by atoms with Crippen LogP contribution in [0.4, 0.5) is 0 Å².